The van der Waals surface area contributed by atoms with Gasteiger partial charge in [0.25, 0.3) is 0 Å². The van der Waals surface area contributed by atoms with Crippen LogP contribution in [0.15, 0.2) is 10.4 Å². The Morgan fingerprint density at radius 3 is 3.00 bits per heavy atom. The Hall–Kier alpha value is -0.410. The molecule has 1 aromatic heterocycles. The SMILES string of the molecule is CCNC(=NCC1CCCO1)NCCCc1nc(C)cs1.I. The van der Waals surface area contributed by atoms with Gasteiger partial charge >= 0.3 is 0 Å². The summed E-state index contributed by atoms with van der Waals surface area (Å²) in [5.41, 5.74) is 1.12. The molecule has 0 aliphatic carbocycles. The first-order chi connectivity index (χ1) is 10.3. The minimum absolute atomic E-state index is 0. The van der Waals surface area contributed by atoms with E-state index in [0.29, 0.717) is 6.10 Å². The van der Waals surface area contributed by atoms with Crippen LogP contribution in [0.2, 0.25) is 0 Å². The summed E-state index contributed by atoms with van der Waals surface area (Å²) in [6, 6.07) is 0. The van der Waals surface area contributed by atoms with Crippen LogP contribution in [-0.2, 0) is 11.2 Å². The van der Waals surface area contributed by atoms with Crippen LogP contribution in [-0.4, -0.2) is 43.3 Å². The Kier molecular flexibility index (Phi) is 9.98. The minimum Gasteiger partial charge on any atom is -0.376 e. The number of hydrogen-bond acceptors (Lipinski definition) is 4. The molecule has 0 bridgehead atoms. The molecule has 1 aliphatic rings. The topological polar surface area (TPSA) is 58.5 Å². The number of nitrogens with zero attached hydrogens (tertiary/aromatic N) is 2. The first-order valence-electron chi connectivity index (χ1n) is 7.82. The van der Waals surface area contributed by atoms with Crippen LogP contribution in [0, 0.1) is 6.92 Å². The lowest BCUT2D eigenvalue weighted by atomic mass is 10.2. The number of ether oxygens (including phenoxy) is 1. The molecule has 0 radical (unpaired) electrons. The number of halogens is 1. The monoisotopic (exact) mass is 438 g/mol. The molecule has 2 heterocycles. The lowest BCUT2D eigenvalue weighted by Crippen LogP contribution is -2.38. The van der Waals surface area contributed by atoms with Gasteiger partial charge in [0.15, 0.2) is 5.96 Å². The summed E-state index contributed by atoms with van der Waals surface area (Å²) in [6.45, 7) is 7.55. The van der Waals surface area contributed by atoms with Crippen LogP contribution in [0.25, 0.3) is 0 Å². The Bertz CT molecular complexity index is 447. The number of nitrogens with one attached hydrogen (secondary N) is 2. The van der Waals surface area contributed by atoms with E-state index in [0.717, 1.165) is 63.6 Å². The molecule has 126 valence electrons. The Morgan fingerprint density at radius 2 is 2.36 bits per heavy atom. The Labute approximate surface area is 154 Å². The molecular formula is C15H27IN4OS. The summed E-state index contributed by atoms with van der Waals surface area (Å²) in [4.78, 5) is 9.08. The molecule has 22 heavy (non-hydrogen) atoms. The highest BCUT2D eigenvalue weighted by Crippen LogP contribution is 2.12. The van der Waals surface area contributed by atoms with E-state index in [1.54, 1.807) is 11.3 Å². The first kappa shape index (κ1) is 19.6. The molecule has 1 aromatic rings. The van der Waals surface area contributed by atoms with Crippen molar-refractivity contribution in [1.82, 2.24) is 15.6 Å². The van der Waals surface area contributed by atoms with Crippen molar-refractivity contribution >= 4 is 41.3 Å². The number of aryl methyl sites for hydroxylation is 2. The molecule has 0 amide bonds. The van der Waals surface area contributed by atoms with Crippen molar-refractivity contribution < 1.29 is 4.74 Å². The lowest BCUT2D eigenvalue weighted by molar-refractivity contribution is 0.117. The van der Waals surface area contributed by atoms with Crippen LogP contribution in [0.1, 0.15) is 36.9 Å². The second-order valence-corrected chi connectivity index (χ2v) is 6.21. The van der Waals surface area contributed by atoms with Gasteiger partial charge in [-0.15, -0.1) is 35.3 Å². The zero-order chi connectivity index (χ0) is 14.9. The molecule has 0 saturated carbocycles. The fourth-order valence-electron chi connectivity index (χ4n) is 2.29. The van der Waals surface area contributed by atoms with Crippen molar-refractivity contribution in [3.63, 3.8) is 0 Å². The molecule has 1 unspecified atom stereocenters. The van der Waals surface area contributed by atoms with Crippen LogP contribution in [0.4, 0.5) is 0 Å². The van der Waals surface area contributed by atoms with Gasteiger partial charge in [0.2, 0.25) is 0 Å². The first-order valence-corrected chi connectivity index (χ1v) is 8.70. The quantitative estimate of drug-likeness (QED) is 0.298. The van der Waals surface area contributed by atoms with E-state index in [1.165, 1.54) is 5.01 Å². The van der Waals surface area contributed by atoms with Gasteiger partial charge in [-0.1, -0.05) is 0 Å². The fourth-order valence-corrected chi connectivity index (χ4v) is 3.11. The summed E-state index contributed by atoms with van der Waals surface area (Å²) in [6.07, 6.45) is 4.69. The summed E-state index contributed by atoms with van der Waals surface area (Å²) in [7, 11) is 0. The third kappa shape index (κ3) is 7.23. The molecule has 2 N–H and O–H groups in total. The van der Waals surface area contributed by atoms with E-state index in [4.69, 9.17) is 4.74 Å². The highest BCUT2D eigenvalue weighted by molar-refractivity contribution is 14.0. The van der Waals surface area contributed by atoms with Gasteiger partial charge in [0.1, 0.15) is 0 Å². The molecule has 0 spiro atoms. The summed E-state index contributed by atoms with van der Waals surface area (Å²) >= 11 is 1.74. The largest absolute Gasteiger partial charge is 0.376 e. The molecule has 7 heteroatoms. The van der Waals surface area contributed by atoms with Gasteiger partial charge in [0, 0.05) is 37.2 Å². The predicted octanol–water partition coefficient (Wildman–Crippen LogP) is 2.74. The van der Waals surface area contributed by atoms with Crippen molar-refractivity contribution in [3.05, 3.63) is 16.1 Å². The van der Waals surface area contributed by atoms with E-state index in [2.05, 4.69) is 32.9 Å². The van der Waals surface area contributed by atoms with Gasteiger partial charge in [-0.05, 0) is 33.1 Å². The van der Waals surface area contributed by atoms with Crippen LogP contribution >= 0.6 is 35.3 Å². The number of aromatic nitrogens is 1. The van der Waals surface area contributed by atoms with E-state index < -0.39 is 0 Å². The smallest absolute Gasteiger partial charge is 0.191 e. The van der Waals surface area contributed by atoms with Crippen molar-refractivity contribution in [2.24, 2.45) is 4.99 Å². The molecule has 1 fully saturated rings. The van der Waals surface area contributed by atoms with Crippen molar-refractivity contribution in [3.8, 4) is 0 Å². The molecule has 1 saturated heterocycles. The fraction of sp³-hybridized carbons (Fsp3) is 0.733. The standard InChI is InChI=1S/C15H26N4OS.HI/c1-3-16-15(18-10-13-6-5-9-20-13)17-8-4-7-14-19-12(2)11-21-14;/h11,13H,3-10H2,1-2H3,(H2,16,17,18);1H. The van der Waals surface area contributed by atoms with Gasteiger partial charge in [-0.3, -0.25) is 4.99 Å². The van der Waals surface area contributed by atoms with Crippen molar-refractivity contribution in [2.45, 2.75) is 45.6 Å². The van der Waals surface area contributed by atoms with Crippen LogP contribution in [0.3, 0.4) is 0 Å². The highest BCUT2D eigenvalue weighted by atomic mass is 127. The zero-order valence-corrected chi connectivity index (χ0v) is 16.6. The van der Waals surface area contributed by atoms with Gasteiger partial charge < -0.3 is 15.4 Å². The lowest BCUT2D eigenvalue weighted by Gasteiger charge is -2.12. The number of aliphatic imine (C=N–C) groups is 1. The average molecular weight is 438 g/mol. The minimum atomic E-state index is 0. The molecular weight excluding hydrogens is 411 g/mol. The normalized spacial score (nSPS) is 18.1. The van der Waals surface area contributed by atoms with Gasteiger partial charge in [0.05, 0.1) is 17.7 Å². The van der Waals surface area contributed by atoms with Crippen molar-refractivity contribution in [2.75, 3.05) is 26.2 Å². The maximum absolute atomic E-state index is 5.60. The van der Waals surface area contributed by atoms with Gasteiger partial charge in [-0.25, -0.2) is 4.98 Å². The third-order valence-corrected chi connectivity index (χ3v) is 4.37. The highest BCUT2D eigenvalue weighted by Gasteiger charge is 2.14. The molecule has 2 rings (SSSR count). The van der Waals surface area contributed by atoms with E-state index in [9.17, 15) is 0 Å². The Balaban J connectivity index is 0.00000242. The third-order valence-electron chi connectivity index (χ3n) is 3.35. The number of rotatable bonds is 7. The number of thiazole rings is 1. The van der Waals surface area contributed by atoms with E-state index in [-0.39, 0.29) is 24.0 Å². The van der Waals surface area contributed by atoms with Crippen LogP contribution < -0.4 is 10.6 Å². The van der Waals surface area contributed by atoms with Crippen LogP contribution in [0.5, 0.6) is 0 Å². The zero-order valence-electron chi connectivity index (χ0n) is 13.4. The summed E-state index contributed by atoms with van der Waals surface area (Å²) in [5, 5.41) is 9.99. The molecule has 1 aliphatic heterocycles. The number of hydrogen-bond donors (Lipinski definition) is 2. The predicted molar refractivity (Wildman–Crippen MR) is 104 cm³/mol. The average Bonchev–Trinajstić information content (AvgIpc) is 3.12. The maximum atomic E-state index is 5.60. The summed E-state index contributed by atoms with van der Waals surface area (Å²) < 4.78 is 5.60. The second-order valence-electron chi connectivity index (χ2n) is 5.27. The van der Waals surface area contributed by atoms with Crippen molar-refractivity contribution in [1.29, 1.82) is 0 Å². The Morgan fingerprint density at radius 1 is 1.50 bits per heavy atom. The number of guanidine groups is 1. The summed E-state index contributed by atoms with van der Waals surface area (Å²) in [5.74, 6) is 0.892. The second kappa shape index (κ2) is 11.2. The van der Waals surface area contributed by atoms with E-state index >= 15 is 0 Å². The van der Waals surface area contributed by atoms with E-state index in [1.807, 2.05) is 6.92 Å². The van der Waals surface area contributed by atoms with Gasteiger partial charge in [-0.2, -0.15) is 0 Å². The molecule has 0 aromatic carbocycles. The molecule has 5 nitrogen and oxygen atoms in total. The molecule has 1 atom stereocenters. The maximum Gasteiger partial charge on any atom is 0.191 e.